The van der Waals surface area contributed by atoms with Gasteiger partial charge in [-0.25, -0.2) is 4.79 Å². The van der Waals surface area contributed by atoms with E-state index in [0.29, 0.717) is 23.7 Å². The summed E-state index contributed by atoms with van der Waals surface area (Å²) >= 11 is 0. The minimum Gasteiger partial charge on any atom is -0.462 e. The Kier molecular flexibility index (Phi) is 4.08. The van der Waals surface area contributed by atoms with Crippen LogP contribution in [0.5, 0.6) is 0 Å². The van der Waals surface area contributed by atoms with Gasteiger partial charge in [0.15, 0.2) is 0 Å². The highest BCUT2D eigenvalue weighted by Gasteiger charge is 2.22. The summed E-state index contributed by atoms with van der Waals surface area (Å²) in [6.07, 6.45) is 0. The molecular weight excluding hydrogens is 256 g/mol. The van der Waals surface area contributed by atoms with Crippen molar-refractivity contribution in [2.45, 2.75) is 27.7 Å². The van der Waals surface area contributed by atoms with Gasteiger partial charge in [-0.15, -0.1) is 0 Å². The van der Waals surface area contributed by atoms with E-state index in [1.165, 1.54) is 0 Å². The van der Waals surface area contributed by atoms with Crippen LogP contribution >= 0.6 is 0 Å². The number of nitrogens with one attached hydrogen (secondary N) is 1. The maximum Gasteiger partial charge on any atom is 0.345 e. The van der Waals surface area contributed by atoms with Gasteiger partial charge < -0.3 is 14.6 Å². The molecule has 0 fully saturated rings. The van der Waals surface area contributed by atoms with Gasteiger partial charge in [0.05, 0.1) is 12.3 Å². The number of rotatable bonds is 4. The molecule has 0 atom stereocenters. The first-order valence-corrected chi connectivity index (χ1v) is 6.51. The molecule has 2 rings (SSSR count). The van der Waals surface area contributed by atoms with Crippen LogP contribution < -0.4 is 5.32 Å². The van der Waals surface area contributed by atoms with E-state index in [0.717, 1.165) is 16.8 Å². The summed E-state index contributed by atoms with van der Waals surface area (Å²) < 4.78 is 10.2. The minimum absolute atomic E-state index is 0.312. The van der Waals surface area contributed by atoms with E-state index in [9.17, 15) is 4.79 Å². The summed E-state index contributed by atoms with van der Waals surface area (Å²) in [5.74, 6) is -0.117. The van der Waals surface area contributed by atoms with Crippen LogP contribution in [0, 0.1) is 20.8 Å². The van der Waals surface area contributed by atoms with Crippen molar-refractivity contribution in [2.24, 2.45) is 0 Å². The molecule has 0 spiro atoms. The third kappa shape index (κ3) is 2.66. The van der Waals surface area contributed by atoms with Crippen molar-refractivity contribution in [2.75, 3.05) is 11.9 Å². The smallest absolute Gasteiger partial charge is 0.345 e. The SMILES string of the molecule is CCOC(=O)c1c(C)noc1Nc1cccc(C)c1C. The number of aryl methyl sites for hydroxylation is 2. The van der Waals surface area contributed by atoms with Crippen molar-refractivity contribution in [3.63, 3.8) is 0 Å². The molecule has 1 aromatic heterocycles. The van der Waals surface area contributed by atoms with Gasteiger partial charge >= 0.3 is 5.97 Å². The molecular formula is C15H18N2O3. The lowest BCUT2D eigenvalue weighted by Crippen LogP contribution is -2.08. The Labute approximate surface area is 117 Å². The summed E-state index contributed by atoms with van der Waals surface area (Å²) in [6.45, 7) is 7.82. The standard InChI is InChI=1S/C15H18N2O3/c1-5-19-15(18)13-11(4)17-20-14(13)16-12-8-6-7-9(2)10(12)3/h6-8,16H,5H2,1-4H3. The Hall–Kier alpha value is -2.30. The summed E-state index contributed by atoms with van der Waals surface area (Å²) in [4.78, 5) is 11.9. The fourth-order valence-electron chi connectivity index (χ4n) is 1.91. The van der Waals surface area contributed by atoms with Crippen LogP contribution in [0.4, 0.5) is 11.6 Å². The fraction of sp³-hybridized carbons (Fsp3) is 0.333. The van der Waals surface area contributed by atoms with E-state index in [1.54, 1.807) is 13.8 Å². The molecule has 1 heterocycles. The zero-order chi connectivity index (χ0) is 14.7. The molecule has 0 radical (unpaired) electrons. The van der Waals surface area contributed by atoms with Crippen molar-refractivity contribution >= 4 is 17.5 Å². The number of nitrogens with zero attached hydrogens (tertiary/aromatic N) is 1. The van der Waals surface area contributed by atoms with Gasteiger partial charge in [0, 0.05) is 5.69 Å². The molecule has 0 amide bonds. The van der Waals surface area contributed by atoms with Crippen LogP contribution in [-0.2, 0) is 4.74 Å². The molecule has 0 aliphatic carbocycles. The Morgan fingerprint density at radius 2 is 2.10 bits per heavy atom. The second kappa shape index (κ2) is 5.77. The molecule has 0 unspecified atom stereocenters. The van der Waals surface area contributed by atoms with E-state index in [4.69, 9.17) is 9.26 Å². The Morgan fingerprint density at radius 3 is 2.80 bits per heavy atom. The largest absolute Gasteiger partial charge is 0.462 e. The van der Waals surface area contributed by atoms with Crippen molar-refractivity contribution < 1.29 is 14.1 Å². The Bertz CT molecular complexity index is 632. The van der Waals surface area contributed by atoms with Crippen LogP contribution in [0.15, 0.2) is 22.7 Å². The maximum absolute atomic E-state index is 11.9. The number of benzene rings is 1. The number of carbonyl (C=O) groups is 1. The summed E-state index contributed by atoms with van der Waals surface area (Å²) in [6, 6.07) is 5.89. The average Bonchev–Trinajstić information content (AvgIpc) is 2.76. The maximum atomic E-state index is 11.9. The van der Waals surface area contributed by atoms with E-state index < -0.39 is 5.97 Å². The van der Waals surface area contributed by atoms with Crippen LogP contribution in [-0.4, -0.2) is 17.7 Å². The van der Waals surface area contributed by atoms with Crippen LogP contribution in [0.1, 0.15) is 34.1 Å². The molecule has 0 saturated carbocycles. The molecule has 0 bridgehead atoms. The molecule has 1 N–H and O–H groups in total. The summed E-state index contributed by atoms with van der Waals surface area (Å²) in [5, 5.41) is 6.94. The Balaban J connectivity index is 2.35. The molecule has 5 heteroatoms. The van der Waals surface area contributed by atoms with Gasteiger partial charge in [-0.1, -0.05) is 17.3 Å². The molecule has 20 heavy (non-hydrogen) atoms. The third-order valence-corrected chi connectivity index (χ3v) is 3.20. The van der Waals surface area contributed by atoms with Gasteiger partial charge in [-0.3, -0.25) is 0 Å². The van der Waals surface area contributed by atoms with E-state index in [-0.39, 0.29) is 0 Å². The first-order valence-electron chi connectivity index (χ1n) is 6.51. The fourth-order valence-corrected chi connectivity index (χ4v) is 1.91. The molecule has 0 aliphatic rings. The van der Waals surface area contributed by atoms with Gasteiger partial charge in [0.1, 0.15) is 5.56 Å². The topological polar surface area (TPSA) is 64.4 Å². The third-order valence-electron chi connectivity index (χ3n) is 3.20. The number of esters is 1. The zero-order valence-electron chi connectivity index (χ0n) is 12.1. The zero-order valence-corrected chi connectivity index (χ0v) is 12.1. The second-order valence-corrected chi connectivity index (χ2v) is 4.57. The molecule has 0 aliphatic heterocycles. The van der Waals surface area contributed by atoms with Crippen molar-refractivity contribution in [3.05, 3.63) is 40.6 Å². The second-order valence-electron chi connectivity index (χ2n) is 4.57. The number of carbonyl (C=O) groups excluding carboxylic acids is 1. The number of anilines is 2. The lowest BCUT2D eigenvalue weighted by molar-refractivity contribution is 0.0526. The first-order chi connectivity index (χ1) is 9.54. The number of hydrogen-bond acceptors (Lipinski definition) is 5. The van der Waals surface area contributed by atoms with Gasteiger partial charge in [0.25, 0.3) is 0 Å². The first kappa shape index (κ1) is 14.1. The van der Waals surface area contributed by atoms with Gasteiger partial charge in [-0.2, -0.15) is 0 Å². The van der Waals surface area contributed by atoms with Gasteiger partial charge in [0.2, 0.25) is 5.88 Å². The quantitative estimate of drug-likeness (QED) is 0.864. The molecule has 106 valence electrons. The number of aromatic nitrogens is 1. The summed E-state index contributed by atoms with van der Waals surface area (Å²) in [5.41, 5.74) is 3.98. The molecule has 0 saturated heterocycles. The number of hydrogen-bond donors (Lipinski definition) is 1. The van der Waals surface area contributed by atoms with Crippen molar-refractivity contribution in [1.29, 1.82) is 0 Å². The highest BCUT2D eigenvalue weighted by molar-refractivity contribution is 5.96. The predicted octanol–water partition coefficient (Wildman–Crippen LogP) is 3.52. The van der Waals surface area contributed by atoms with E-state index >= 15 is 0 Å². The normalized spacial score (nSPS) is 10.4. The Morgan fingerprint density at radius 1 is 1.35 bits per heavy atom. The minimum atomic E-state index is -0.431. The van der Waals surface area contributed by atoms with Crippen LogP contribution in [0.3, 0.4) is 0 Å². The molecule has 1 aromatic carbocycles. The predicted molar refractivity (Wildman–Crippen MR) is 76.4 cm³/mol. The summed E-state index contributed by atoms with van der Waals surface area (Å²) in [7, 11) is 0. The molecule has 2 aromatic rings. The number of ether oxygens (including phenoxy) is 1. The van der Waals surface area contributed by atoms with Gasteiger partial charge in [-0.05, 0) is 44.9 Å². The van der Waals surface area contributed by atoms with E-state index in [2.05, 4.69) is 10.5 Å². The monoisotopic (exact) mass is 274 g/mol. The van der Waals surface area contributed by atoms with E-state index in [1.807, 2.05) is 32.0 Å². The van der Waals surface area contributed by atoms with Crippen molar-refractivity contribution in [3.8, 4) is 0 Å². The van der Waals surface area contributed by atoms with Crippen LogP contribution in [0.2, 0.25) is 0 Å². The van der Waals surface area contributed by atoms with Crippen molar-refractivity contribution in [1.82, 2.24) is 5.16 Å². The lowest BCUT2D eigenvalue weighted by Gasteiger charge is -2.10. The highest BCUT2D eigenvalue weighted by atomic mass is 16.5. The highest BCUT2D eigenvalue weighted by Crippen LogP contribution is 2.27. The lowest BCUT2D eigenvalue weighted by atomic mass is 10.1. The molecule has 5 nitrogen and oxygen atoms in total. The van der Waals surface area contributed by atoms with Crippen LogP contribution in [0.25, 0.3) is 0 Å². The average molecular weight is 274 g/mol.